The predicted octanol–water partition coefficient (Wildman–Crippen LogP) is 3.27. The zero-order chi connectivity index (χ0) is 18.4. The molecule has 0 aromatic rings. The van der Waals surface area contributed by atoms with Crippen molar-refractivity contribution in [2.45, 2.75) is 96.4 Å². The average molecular weight is 344 g/mol. The fraction of sp³-hybridized carbons (Fsp3) is 0.842. The summed E-state index contributed by atoms with van der Waals surface area (Å²) in [5, 5.41) is 38.3. The first kappa shape index (κ1) is 23.1. The summed E-state index contributed by atoms with van der Waals surface area (Å²) in [5.74, 6) is -1.05. The summed E-state index contributed by atoms with van der Waals surface area (Å²) in [6, 6.07) is 0. The first-order valence-corrected chi connectivity index (χ1v) is 9.33. The molecule has 0 bridgehead atoms. The van der Waals surface area contributed by atoms with Crippen molar-refractivity contribution in [2.75, 3.05) is 0 Å². The Balaban J connectivity index is 3.75. The van der Waals surface area contributed by atoms with Crippen molar-refractivity contribution in [1.82, 2.24) is 0 Å². The molecule has 0 saturated carbocycles. The Morgan fingerprint density at radius 1 is 0.875 bits per heavy atom. The summed E-state index contributed by atoms with van der Waals surface area (Å²) in [5.41, 5.74) is 0. The van der Waals surface area contributed by atoms with E-state index in [1.54, 1.807) is 13.0 Å². The van der Waals surface area contributed by atoms with Crippen LogP contribution in [0.2, 0.25) is 0 Å². The molecule has 24 heavy (non-hydrogen) atoms. The molecule has 5 nitrogen and oxygen atoms in total. The lowest BCUT2D eigenvalue weighted by Crippen LogP contribution is -2.24. The predicted molar refractivity (Wildman–Crippen MR) is 95.8 cm³/mol. The molecule has 4 N–H and O–H groups in total. The molecule has 4 unspecified atom stereocenters. The maximum Gasteiger partial charge on any atom is 0.306 e. The van der Waals surface area contributed by atoms with Gasteiger partial charge in [-0.15, -0.1) is 0 Å². The molecule has 0 fully saturated rings. The number of aliphatic carboxylic acids is 1. The Kier molecular flexibility index (Phi) is 13.9. The summed E-state index contributed by atoms with van der Waals surface area (Å²) < 4.78 is 0. The Bertz CT molecular complexity index is 343. The van der Waals surface area contributed by atoms with Gasteiger partial charge in [0, 0.05) is 0 Å². The van der Waals surface area contributed by atoms with Gasteiger partial charge in [-0.2, -0.15) is 0 Å². The number of carboxylic acids is 1. The van der Waals surface area contributed by atoms with Crippen LogP contribution in [0.15, 0.2) is 12.2 Å². The van der Waals surface area contributed by atoms with Gasteiger partial charge >= 0.3 is 5.97 Å². The number of carbonyl (C=O) groups is 1. The van der Waals surface area contributed by atoms with Crippen LogP contribution in [0.3, 0.4) is 0 Å². The molecule has 4 atom stereocenters. The van der Waals surface area contributed by atoms with E-state index in [1.165, 1.54) is 6.08 Å². The van der Waals surface area contributed by atoms with Crippen LogP contribution < -0.4 is 0 Å². The summed E-state index contributed by atoms with van der Waals surface area (Å²) in [6.45, 7) is 3.82. The minimum Gasteiger partial charge on any atom is -0.481 e. The van der Waals surface area contributed by atoms with E-state index in [0.29, 0.717) is 19.3 Å². The van der Waals surface area contributed by atoms with Crippen molar-refractivity contribution >= 4 is 5.97 Å². The average Bonchev–Trinajstić information content (AvgIpc) is 2.55. The van der Waals surface area contributed by atoms with E-state index in [1.807, 2.05) is 0 Å². The minimum atomic E-state index is -0.946. The molecular formula is C19H36O5. The van der Waals surface area contributed by atoms with E-state index in [4.69, 9.17) is 5.11 Å². The highest BCUT2D eigenvalue weighted by Crippen LogP contribution is 2.14. The van der Waals surface area contributed by atoms with Gasteiger partial charge in [0.15, 0.2) is 0 Å². The molecule has 0 aliphatic rings. The molecule has 0 aliphatic heterocycles. The largest absolute Gasteiger partial charge is 0.481 e. The van der Waals surface area contributed by atoms with Crippen molar-refractivity contribution in [2.24, 2.45) is 5.92 Å². The van der Waals surface area contributed by atoms with E-state index in [0.717, 1.165) is 44.9 Å². The standard InChI is InChI=1S/C19H36O5/c1-3-4-7-11-16(20)13-14-18(22)17(21)12-9-6-5-8-10-15(2)19(23)24/h13-18,20-22H,3-12H2,1-2H3,(H,23,24)/b14-13+. The Labute approximate surface area is 146 Å². The third-order valence-electron chi connectivity index (χ3n) is 4.34. The molecule has 5 heteroatoms. The number of hydrogen-bond donors (Lipinski definition) is 4. The van der Waals surface area contributed by atoms with Gasteiger partial charge in [0.2, 0.25) is 0 Å². The molecule has 0 rings (SSSR count). The lowest BCUT2D eigenvalue weighted by molar-refractivity contribution is -0.141. The van der Waals surface area contributed by atoms with E-state index in [-0.39, 0.29) is 5.92 Å². The second-order valence-corrected chi connectivity index (χ2v) is 6.74. The van der Waals surface area contributed by atoms with Gasteiger partial charge in [0.25, 0.3) is 0 Å². The van der Waals surface area contributed by atoms with E-state index in [9.17, 15) is 20.1 Å². The summed E-state index contributed by atoms with van der Waals surface area (Å²) >= 11 is 0. The van der Waals surface area contributed by atoms with Crippen molar-refractivity contribution in [3.8, 4) is 0 Å². The highest BCUT2D eigenvalue weighted by atomic mass is 16.4. The van der Waals surface area contributed by atoms with E-state index < -0.39 is 24.3 Å². The quantitative estimate of drug-likeness (QED) is 0.270. The van der Waals surface area contributed by atoms with Crippen LogP contribution in [0, 0.1) is 5.92 Å². The van der Waals surface area contributed by atoms with Crippen molar-refractivity contribution in [3.05, 3.63) is 12.2 Å². The molecular weight excluding hydrogens is 308 g/mol. The normalized spacial score (nSPS) is 16.9. The van der Waals surface area contributed by atoms with Crippen LogP contribution in [0.5, 0.6) is 0 Å². The second-order valence-electron chi connectivity index (χ2n) is 6.74. The first-order chi connectivity index (χ1) is 11.4. The van der Waals surface area contributed by atoms with Gasteiger partial charge in [0.05, 0.1) is 24.2 Å². The van der Waals surface area contributed by atoms with Crippen molar-refractivity contribution in [1.29, 1.82) is 0 Å². The molecule has 0 aliphatic carbocycles. The zero-order valence-electron chi connectivity index (χ0n) is 15.2. The highest BCUT2D eigenvalue weighted by molar-refractivity contribution is 5.69. The van der Waals surface area contributed by atoms with Gasteiger partial charge in [-0.1, -0.05) is 70.9 Å². The number of carboxylic acid groups (broad SMARTS) is 1. The van der Waals surface area contributed by atoms with Crippen LogP contribution >= 0.6 is 0 Å². The third-order valence-corrected chi connectivity index (χ3v) is 4.34. The monoisotopic (exact) mass is 344 g/mol. The van der Waals surface area contributed by atoms with Gasteiger partial charge in [-0.25, -0.2) is 0 Å². The Morgan fingerprint density at radius 2 is 1.46 bits per heavy atom. The fourth-order valence-corrected chi connectivity index (χ4v) is 2.52. The first-order valence-electron chi connectivity index (χ1n) is 9.33. The topological polar surface area (TPSA) is 98.0 Å². The number of hydrogen-bond acceptors (Lipinski definition) is 4. The van der Waals surface area contributed by atoms with Crippen LogP contribution in [-0.2, 0) is 4.79 Å². The maximum atomic E-state index is 10.7. The minimum absolute atomic E-state index is 0.300. The molecule has 0 radical (unpaired) electrons. The van der Waals surface area contributed by atoms with Crippen molar-refractivity contribution < 1.29 is 25.2 Å². The fourth-order valence-electron chi connectivity index (χ4n) is 2.52. The molecule has 0 heterocycles. The SMILES string of the molecule is CCCCCC(O)/C=C/C(O)C(O)CCCCCCC(C)C(=O)O. The summed E-state index contributed by atoms with van der Waals surface area (Å²) in [7, 11) is 0. The Morgan fingerprint density at radius 3 is 2.04 bits per heavy atom. The molecule has 0 amide bonds. The highest BCUT2D eigenvalue weighted by Gasteiger charge is 2.13. The third kappa shape index (κ3) is 12.5. The second kappa shape index (κ2) is 14.4. The number of rotatable bonds is 15. The maximum absolute atomic E-state index is 10.7. The zero-order valence-corrected chi connectivity index (χ0v) is 15.2. The van der Waals surface area contributed by atoms with Gasteiger partial charge in [-0.05, 0) is 19.3 Å². The molecule has 0 spiro atoms. The van der Waals surface area contributed by atoms with E-state index in [2.05, 4.69) is 6.92 Å². The van der Waals surface area contributed by atoms with Gasteiger partial charge in [0.1, 0.15) is 0 Å². The molecule has 142 valence electrons. The summed E-state index contributed by atoms with van der Waals surface area (Å²) in [4.78, 5) is 10.7. The number of aliphatic hydroxyl groups excluding tert-OH is 3. The Hall–Kier alpha value is -0.910. The van der Waals surface area contributed by atoms with E-state index >= 15 is 0 Å². The lowest BCUT2D eigenvalue weighted by Gasteiger charge is -2.15. The summed E-state index contributed by atoms with van der Waals surface area (Å²) in [6.07, 6.45) is 9.26. The van der Waals surface area contributed by atoms with Crippen LogP contribution in [0.1, 0.15) is 78.1 Å². The number of aliphatic hydroxyl groups is 3. The van der Waals surface area contributed by atoms with Gasteiger partial charge < -0.3 is 20.4 Å². The molecule has 0 aromatic carbocycles. The van der Waals surface area contributed by atoms with Crippen molar-refractivity contribution in [3.63, 3.8) is 0 Å². The van der Waals surface area contributed by atoms with Gasteiger partial charge in [-0.3, -0.25) is 4.79 Å². The van der Waals surface area contributed by atoms with Crippen LogP contribution in [-0.4, -0.2) is 44.7 Å². The smallest absolute Gasteiger partial charge is 0.306 e. The van der Waals surface area contributed by atoms with Crippen LogP contribution in [0.4, 0.5) is 0 Å². The van der Waals surface area contributed by atoms with Crippen LogP contribution in [0.25, 0.3) is 0 Å². The number of unbranched alkanes of at least 4 members (excludes halogenated alkanes) is 5. The molecule has 0 saturated heterocycles. The molecule has 0 aromatic heterocycles. The lowest BCUT2D eigenvalue weighted by atomic mass is 10.0.